The molecule has 2 aromatic heterocycles. The van der Waals surface area contributed by atoms with Crippen molar-refractivity contribution in [2.45, 2.75) is 0 Å². The van der Waals surface area contributed by atoms with E-state index in [9.17, 15) is 0 Å². The standard InChI is InChI=1S/C42H27NS/c1-2-13-28(14-3-1)32-20-12-25-39-41(32)36-19-5-8-24-38(36)43(39)37-23-7-4-17-31(37)29-15-10-16-30(27-29)33-21-11-22-35-34-18-6-9-26-40(34)44-42(33)35/h1-27H. The minimum absolute atomic E-state index is 1.18. The summed E-state index contributed by atoms with van der Waals surface area (Å²) in [6.07, 6.45) is 0. The smallest absolute Gasteiger partial charge is 0.0547 e. The Kier molecular flexibility index (Phi) is 5.75. The molecule has 0 spiro atoms. The van der Waals surface area contributed by atoms with Gasteiger partial charge in [-0.05, 0) is 58.1 Å². The lowest BCUT2D eigenvalue weighted by molar-refractivity contribution is 1.18. The van der Waals surface area contributed by atoms with Crippen molar-refractivity contribution in [3.63, 3.8) is 0 Å². The van der Waals surface area contributed by atoms with Gasteiger partial charge in [0.15, 0.2) is 0 Å². The van der Waals surface area contributed by atoms with Gasteiger partial charge in [-0.15, -0.1) is 11.3 Å². The monoisotopic (exact) mass is 577 g/mol. The fraction of sp³-hybridized carbons (Fsp3) is 0. The van der Waals surface area contributed by atoms with Crippen molar-refractivity contribution >= 4 is 53.3 Å². The van der Waals surface area contributed by atoms with Gasteiger partial charge in [-0.1, -0.05) is 133 Å². The second-order valence-corrected chi connectivity index (χ2v) is 12.3. The van der Waals surface area contributed by atoms with Crippen molar-refractivity contribution in [1.82, 2.24) is 4.57 Å². The molecular formula is C42H27NS. The number of rotatable bonds is 4. The van der Waals surface area contributed by atoms with Gasteiger partial charge in [-0.2, -0.15) is 0 Å². The second kappa shape index (κ2) is 10.1. The molecule has 0 radical (unpaired) electrons. The second-order valence-electron chi connectivity index (χ2n) is 11.3. The number of thiophene rings is 1. The van der Waals surface area contributed by atoms with Crippen LogP contribution in [0.25, 0.3) is 81.0 Å². The Hall–Kier alpha value is -5.44. The largest absolute Gasteiger partial charge is 0.309 e. The number of hydrogen-bond acceptors (Lipinski definition) is 1. The van der Waals surface area contributed by atoms with Crippen LogP contribution in [-0.4, -0.2) is 4.57 Å². The maximum absolute atomic E-state index is 2.45. The Morgan fingerprint density at radius 3 is 1.89 bits per heavy atom. The Morgan fingerprint density at radius 1 is 0.386 bits per heavy atom. The van der Waals surface area contributed by atoms with Gasteiger partial charge in [0.05, 0.1) is 16.7 Å². The number of fused-ring (bicyclic) bond motifs is 6. The van der Waals surface area contributed by atoms with Gasteiger partial charge in [0.2, 0.25) is 0 Å². The lowest BCUT2D eigenvalue weighted by atomic mass is 9.97. The third kappa shape index (κ3) is 3.85. The molecule has 44 heavy (non-hydrogen) atoms. The molecule has 0 bridgehead atoms. The third-order valence-corrected chi connectivity index (χ3v) is 10.0. The molecule has 206 valence electrons. The van der Waals surface area contributed by atoms with E-state index in [0.717, 1.165) is 0 Å². The zero-order chi connectivity index (χ0) is 29.0. The zero-order valence-electron chi connectivity index (χ0n) is 23.9. The number of hydrogen-bond donors (Lipinski definition) is 0. The van der Waals surface area contributed by atoms with Gasteiger partial charge in [0.25, 0.3) is 0 Å². The summed E-state index contributed by atoms with van der Waals surface area (Å²) in [6, 6.07) is 59.6. The fourth-order valence-corrected chi connectivity index (χ4v) is 8.12. The molecule has 0 saturated carbocycles. The van der Waals surface area contributed by atoms with Crippen molar-refractivity contribution < 1.29 is 0 Å². The molecule has 0 saturated heterocycles. The summed E-state index contributed by atoms with van der Waals surface area (Å²) in [5, 5.41) is 5.21. The summed E-state index contributed by atoms with van der Waals surface area (Å²) in [5.74, 6) is 0. The number of aromatic nitrogens is 1. The van der Waals surface area contributed by atoms with E-state index in [-0.39, 0.29) is 0 Å². The van der Waals surface area contributed by atoms with Gasteiger partial charge in [0, 0.05) is 36.5 Å². The Morgan fingerprint density at radius 2 is 0.977 bits per heavy atom. The highest BCUT2D eigenvalue weighted by molar-refractivity contribution is 7.26. The molecule has 0 aliphatic heterocycles. The van der Waals surface area contributed by atoms with E-state index in [0.29, 0.717) is 0 Å². The summed E-state index contributed by atoms with van der Waals surface area (Å²) in [5.41, 5.74) is 11.0. The molecule has 2 heterocycles. The van der Waals surface area contributed by atoms with E-state index in [1.165, 1.54) is 81.0 Å². The highest BCUT2D eigenvalue weighted by Gasteiger charge is 2.18. The average molecular weight is 578 g/mol. The minimum Gasteiger partial charge on any atom is -0.309 e. The quantitative estimate of drug-likeness (QED) is 0.196. The number of nitrogens with zero attached hydrogens (tertiary/aromatic N) is 1. The predicted octanol–water partition coefficient (Wildman–Crippen LogP) is 12.2. The van der Waals surface area contributed by atoms with Crippen LogP contribution in [0.15, 0.2) is 164 Å². The molecule has 0 aliphatic rings. The first-order valence-electron chi connectivity index (χ1n) is 15.0. The van der Waals surface area contributed by atoms with Gasteiger partial charge in [-0.3, -0.25) is 0 Å². The van der Waals surface area contributed by atoms with Gasteiger partial charge in [0.1, 0.15) is 0 Å². The fourth-order valence-electron chi connectivity index (χ4n) is 6.88. The minimum atomic E-state index is 1.18. The molecule has 0 N–H and O–H groups in total. The predicted molar refractivity (Wildman–Crippen MR) is 190 cm³/mol. The molecule has 9 rings (SSSR count). The molecule has 0 atom stereocenters. The van der Waals surface area contributed by atoms with Crippen molar-refractivity contribution in [3.8, 4) is 39.1 Å². The first-order valence-corrected chi connectivity index (χ1v) is 15.8. The van der Waals surface area contributed by atoms with Crippen molar-refractivity contribution in [3.05, 3.63) is 164 Å². The topological polar surface area (TPSA) is 4.93 Å². The van der Waals surface area contributed by atoms with Crippen LogP contribution in [0.5, 0.6) is 0 Å². The first-order chi connectivity index (χ1) is 21.8. The molecule has 0 aliphatic carbocycles. The zero-order valence-corrected chi connectivity index (χ0v) is 24.8. The van der Waals surface area contributed by atoms with Crippen molar-refractivity contribution in [1.29, 1.82) is 0 Å². The van der Waals surface area contributed by atoms with Gasteiger partial charge >= 0.3 is 0 Å². The van der Waals surface area contributed by atoms with Crippen LogP contribution in [0.3, 0.4) is 0 Å². The van der Waals surface area contributed by atoms with E-state index in [2.05, 4.69) is 168 Å². The van der Waals surface area contributed by atoms with Crippen LogP contribution in [0.1, 0.15) is 0 Å². The van der Waals surface area contributed by atoms with E-state index in [1.807, 2.05) is 11.3 Å². The van der Waals surface area contributed by atoms with Crippen LogP contribution in [0.4, 0.5) is 0 Å². The summed E-state index contributed by atoms with van der Waals surface area (Å²) < 4.78 is 5.12. The first kappa shape index (κ1) is 25.1. The lowest BCUT2D eigenvalue weighted by Gasteiger charge is -2.15. The lowest BCUT2D eigenvalue weighted by Crippen LogP contribution is -1.97. The third-order valence-electron chi connectivity index (χ3n) is 8.82. The molecule has 7 aromatic carbocycles. The SMILES string of the molecule is c1ccc(-c2cccc3c2c2ccccc2n3-c2ccccc2-c2cccc(-c3cccc4c3sc3ccccc34)c2)cc1. The molecule has 0 fully saturated rings. The van der Waals surface area contributed by atoms with Gasteiger partial charge in [-0.25, -0.2) is 0 Å². The Balaban J connectivity index is 1.27. The molecule has 0 unspecified atom stereocenters. The van der Waals surface area contributed by atoms with Crippen molar-refractivity contribution in [2.24, 2.45) is 0 Å². The molecule has 1 nitrogen and oxygen atoms in total. The van der Waals surface area contributed by atoms with E-state index in [4.69, 9.17) is 0 Å². The van der Waals surface area contributed by atoms with E-state index >= 15 is 0 Å². The van der Waals surface area contributed by atoms with E-state index in [1.54, 1.807) is 0 Å². The summed E-state index contributed by atoms with van der Waals surface area (Å²) in [4.78, 5) is 0. The van der Waals surface area contributed by atoms with Gasteiger partial charge < -0.3 is 4.57 Å². The van der Waals surface area contributed by atoms with Crippen LogP contribution in [-0.2, 0) is 0 Å². The summed E-state index contributed by atoms with van der Waals surface area (Å²) >= 11 is 1.88. The van der Waals surface area contributed by atoms with Crippen LogP contribution >= 0.6 is 11.3 Å². The Labute approximate surface area is 259 Å². The van der Waals surface area contributed by atoms with Crippen LogP contribution in [0.2, 0.25) is 0 Å². The van der Waals surface area contributed by atoms with Crippen molar-refractivity contribution in [2.75, 3.05) is 0 Å². The van der Waals surface area contributed by atoms with Crippen LogP contribution < -0.4 is 0 Å². The normalized spacial score (nSPS) is 11.6. The Bertz CT molecular complexity index is 2500. The highest BCUT2D eigenvalue weighted by Crippen LogP contribution is 2.43. The summed E-state index contributed by atoms with van der Waals surface area (Å²) in [6.45, 7) is 0. The molecular weight excluding hydrogens is 551 g/mol. The number of para-hydroxylation sites is 2. The highest BCUT2D eigenvalue weighted by atomic mass is 32.1. The van der Waals surface area contributed by atoms with E-state index < -0.39 is 0 Å². The maximum atomic E-state index is 2.45. The summed E-state index contributed by atoms with van der Waals surface area (Å²) in [7, 11) is 0. The van der Waals surface area contributed by atoms with Crippen LogP contribution in [0, 0.1) is 0 Å². The maximum Gasteiger partial charge on any atom is 0.0547 e. The molecule has 2 heteroatoms. The number of benzene rings is 7. The molecule has 0 amide bonds. The molecule has 9 aromatic rings. The average Bonchev–Trinajstić information content (AvgIpc) is 3.65.